The second-order valence-corrected chi connectivity index (χ2v) is 10.6. The molecule has 0 saturated carbocycles. The molecule has 0 radical (unpaired) electrons. The molecule has 0 fully saturated rings. The van der Waals surface area contributed by atoms with Crippen molar-refractivity contribution in [3.05, 3.63) is 82.9 Å². The molecule has 0 unspecified atom stereocenters. The molecule has 0 saturated heterocycles. The van der Waals surface area contributed by atoms with Crippen LogP contribution in [0.2, 0.25) is 0 Å². The van der Waals surface area contributed by atoms with Crippen LogP contribution in [-0.2, 0) is 10.1 Å². The van der Waals surface area contributed by atoms with E-state index in [9.17, 15) is 22.9 Å². The van der Waals surface area contributed by atoms with E-state index in [4.69, 9.17) is 16.6 Å². The number of carboxylic acids is 1. The van der Waals surface area contributed by atoms with Crippen LogP contribution in [0.1, 0.15) is 27.0 Å². The summed E-state index contributed by atoms with van der Waals surface area (Å²) < 4.78 is 34.7. The Bertz CT molecular complexity index is 1870. The first-order chi connectivity index (χ1) is 19.3. The molecular weight excluding hydrogens is 548 g/mol. The van der Waals surface area contributed by atoms with Crippen LogP contribution in [0.3, 0.4) is 0 Å². The molecule has 210 valence electrons. The van der Waals surface area contributed by atoms with Crippen LogP contribution in [0.25, 0.3) is 11.1 Å². The number of nitrogens with two attached hydrogens (primary N) is 2. The molecule has 0 aromatic heterocycles. The Morgan fingerprint density at radius 2 is 1.32 bits per heavy atom. The summed E-state index contributed by atoms with van der Waals surface area (Å²) in [6.07, 6.45) is 0. The van der Waals surface area contributed by atoms with Crippen molar-refractivity contribution in [3.8, 4) is 16.9 Å². The van der Waals surface area contributed by atoms with Crippen molar-refractivity contribution in [1.29, 1.82) is 0 Å². The van der Waals surface area contributed by atoms with Crippen molar-refractivity contribution in [3.63, 3.8) is 0 Å². The molecule has 0 aliphatic rings. The van der Waals surface area contributed by atoms with Crippen molar-refractivity contribution in [2.45, 2.75) is 25.7 Å². The zero-order chi connectivity index (χ0) is 30.1. The predicted octanol–water partition coefficient (Wildman–Crippen LogP) is 5.95. The number of nitrogen functional groups attached to an aromatic ring is 2. The number of rotatable bonds is 7. The minimum atomic E-state index is -4.83. The quantitative estimate of drug-likeness (QED) is 0.136. The minimum Gasteiger partial charge on any atom is -0.872 e. The van der Waals surface area contributed by atoms with Crippen molar-refractivity contribution >= 4 is 50.2 Å². The zero-order valence-corrected chi connectivity index (χ0v) is 22.9. The molecule has 13 heteroatoms. The number of hydrogen-bond donors (Lipinski definition) is 3. The van der Waals surface area contributed by atoms with Gasteiger partial charge >= 0.3 is 5.97 Å². The summed E-state index contributed by atoms with van der Waals surface area (Å²) in [5.74, 6) is -1.94. The summed E-state index contributed by atoms with van der Waals surface area (Å²) in [4.78, 5) is 10.6. The fraction of sp³-hybridized carbons (Fsp3) is 0.107. The molecule has 12 nitrogen and oxygen atoms in total. The van der Waals surface area contributed by atoms with E-state index in [-0.39, 0.29) is 28.3 Å². The fourth-order valence-electron chi connectivity index (χ4n) is 3.97. The molecule has 0 bridgehead atoms. The number of hydrogen-bond acceptors (Lipinski definition) is 11. The van der Waals surface area contributed by atoms with Gasteiger partial charge in [0.1, 0.15) is 15.8 Å². The summed E-state index contributed by atoms with van der Waals surface area (Å²) in [5.41, 5.74) is 16.1. The van der Waals surface area contributed by atoms with E-state index >= 15 is 0 Å². The standard InChI is InChI=1S/C28H26N6O6S/c1-14-10-17(4-7-21(14)32-31-19-6-9-23(35)20(13-19)28(36)37)18-5-8-22(15(2)11-18)33-34-27-25(29)16(3)12-24(26(27)30)41(38,39)40/h4-13,35H,29-30H2,1-3H3,(H,36,37)(H,38,39,40)/p-2. The Morgan fingerprint density at radius 3 is 1.83 bits per heavy atom. The third-order valence-electron chi connectivity index (χ3n) is 6.27. The lowest BCUT2D eigenvalue weighted by Gasteiger charge is -2.15. The van der Waals surface area contributed by atoms with Gasteiger partial charge in [-0.05, 0) is 91.1 Å². The number of benzene rings is 4. The number of nitrogens with zero attached hydrogens (tertiary/aromatic N) is 4. The Labute approximate surface area is 235 Å². The van der Waals surface area contributed by atoms with Gasteiger partial charge in [-0.15, -0.1) is 5.11 Å². The Hall–Kier alpha value is -5.14. The van der Waals surface area contributed by atoms with E-state index in [1.165, 1.54) is 19.1 Å². The van der Waals surface area contributed by atoms with E-state index in [1.807, 2.05) is 38.1 Å². The maximum atomic E-state index is 11.6. The number of anilines is 2. The van der Waals surface area contributed by atoms with E-state index in [0.29, 0.717) is 16.9 Å². The number of carboxylic acid groups (broad SMARTS) is 1. The van der Waals surface area contributed by atoms with Crippen molar-refractivity contribution in [2.24, 2.45) is 20.5 Å². The second-order valence-electron chi connectivity index (χ2n) is 9.21. The van der Waals surface area contributed by atoms with Crippen LogP contribution in [0.15, 0.2) is 86.0 Å². The van der Waals surface area contributed by atoms with Crippen LogP contribution in [0, 0.1) is 20.8 Å². The summed E-state index contributed by atoms with van der Waals surface area (Å²) >= 11 is 0. The predicted molar refractivity (Wildman–Crippen MR) is 151 cm³/mol. The normalized spacial score (nSPS) is 11.9. The minimum absolute atomic E-state index is 0.0913. The lowest BCUT2D eigenvalue weighted by atomic mass is 10.0. The average Bonchev–Trinajstić information content (AvgIpc) is 2.90. The monoisotopic (exact) mass is 572 g/mol. The van der Waals surface area contributed by atoms with Crippen molar-refractivity contribution in [1.82, 2.24) is 0 Å². The van der Waals surface area contributed by atoms with E-state index in [2.05, 4.69) is 20.5 Å². The highest BCUT2D eigenvalue weighted by atomic mass is 32.2. The van der Waals surface area contributed by atoms with Crippen LogP contribution >= 0.6 is 0 Å². The lowest BCUT2D eigenvalue weighted by molar-refractivity contribution is -0.268. The smallest absolute Gasteiger partial charge is 0.335 e. The van der Waals surface area contributed by atoms with Gasteiger partial charge in [-0.2, -0.15) is 15.3 Å². The van der Waals surface area contributed by atoms with Gasteiger partial charge in [-0.25, -0.2) is 13.2 Å². The van der Waals surface area contributed by atoms with Gasteiger partial charge in [0.05, 0.1) is 38.9 Å². The molecule has 0 atom stereocenters. The topological polar surface area (TPSA) is 219 Å². The molecule has 4 aromatic carbocycles. The molecule has 0 aliphatic carbocycles. The molecule has 0 aliphatic heterocycles. The van der Waals surface area contributed by atoms with Crippen LogP contribution < -0.4 is 16.6 Å². The Morgan fingerprint density at radius 1 is 0.756 bits per heavy atom. The number of aromatic carboxylic acids is 1. The van der Waals surface area contributed by atoms with Crippen molar-refractivity contribution in [2.75, 3.05) is 11.5 Å². The van der Waals surface area contributed by atoms with Crippen LogP contribution in [-0.4, -0.2) is 24.0 Å². The molecular formula is C28H24N6O6S-2. The molecule has 0 heterocycles. The van der Waals surface area contributed by atoms with Gasteiger partial charge in [0.15, 0.2) is 0 Å². The summed E-state index contributed by atoms with van der Waals surface area (Å²) in [7, 11) is -4.83. The van der Waals surface area contributed by atoms with E-state index in [0.717, 1.165) is 34.4 Å². The molecule has 41 heavy (non-hydrogen) atoms. The average molecular weight is 573 g/mol. The molecule has 5 N–H and O–H groups in total. The molecule has 0 amide bonds. The van der Waals surface area contributed by atoms with Gasteiger partial charge in [0, 0.05) is 0 Å². The lowest BCUT2D eigenvalue weighted by Crippen LogP contribution is -2.06. The van der Waals surface area contributed by atoms with Gasteiger partial charge < -0.3 is 26.2 Å². The number of aryl methyl sites for hydroxylation is 3. The van der Waals surface area contributed by atoms with Gasteiger partial charge in [-0.1, -0.05) is 23.9 Å². The summed E-state index contributed by atoms with van der Waals surface area (Å²) in [5, 5.41) is 37.3. The summed E-state index contributed by atoms with van der Waals surface area (Å²) in [6.45, 7) is 5.21. The fourth-order valence-corrected chi connectivity index (χ4v) is 4.66. The first kappa shape index (κ1) is 28.9. The second kappa shape index (κ2) is 11.2. The highest BCUT2D eigenvalue weighted by Gasteiger charge is 2.16. The SMILES string of the molecule is Cc1cc(-c2ccc(N=Nc3c(N)c(C)cc(S(=O)(=O)[O-])c3N)c(C)c2)ccc1N=Nc1ccc([O-])c(C(=O)O)c1. The molecule has 4 aromatic rings. The Kier molecular flexibility index (Phi) is 7.85. The highest BCUT2D eigenvalue weighted by molar-refractivity contribution is 7.86. The van der Waals surface area contributed by atoms with Crippen molar-refractivity contribution < 1.29 is 28.0 Å². The molecule has 0 spiro atoms. The largest absolute Gasteiger partial charge is 0.872 e. The maximum absolute atomic E-state index is 11.6. The third-order valence-corrected chi connectivity index (χ3v) is 7.15. The summed E-state index contributed by atoms with van der Waals surface area (Å²) in [6, 6.07) is 15.8. The maximum Gasteiger partial charge on any atom is 0.335 e. The highest BCUT2D eigenvalue weighted by Crippen LogP contribution is 2.39. The van der Waals surface area contributed by atoms with E-state index in [1.54, 1.807) is 12.1 Å². The van der Waals surface area contributed by atoms with Crippen LogP contribution in [0.5, 0.6) is 5.75 Å². The van der Waals surface area contributed by atoms with E-state index < -0.39 is 26.7 Å². The van der Waals surface area contributed by atoms with Gasteiger partial charge in [-0.3, -0.25) is 0 Å². The van der Waals surface area contributed by atoms with Gasteiger partial charge in [0.25, 0.3) is 0 Å². The molecule has 4 rings (SSSR count). The van der Waals surface area contributed by atoms with Crippen LogP contribution in [0.4, 0.5) is 34.1 Å². The first-order valence-electron chi connectivity index (χ1n) is 12.0. The van der Waals surface area contributed by atoms with Gasteiger partial charge in [0.2, 0.25) is 0 Å². The third kappa shape index (κ3) is 6.21. The number of carbonyl (C=O) groups is 1. The zero-order valence-electron chi connectivity index (χ0n) is 22.1. The first-order valence-corrected chi connectivity index (χ1v) is 13.4. The number of azo groups is 2. The Balaban J connectivity index is 1.59.